The predicted molar refractivity (Wildman–Crippen MR) is 150 cm³/mol. The fraction of sp³-hybridized carbons (Fsp3) is 0.156. The first-order valence-corrected chi connectivity index (χ1v) is 12.7. The van der Waals surface area contributed by atoms with Crippen LogP contribution in [-0.4, -0.2) is 28.2 Å². The SMILES string of the molecule is COC(=O)CCC(=NOCc1ccc(OCc2cn3c(-c4ccccc4)cccc3n2)cc1)c1ccccc1. The third kappa shape index (κ3) is 6.70. The largest absolute Gasteiger partial charge is 0.487 e. The van der Waals surface area contributed by atoms with Crippen molar-refractivity contribution in [3.63, 3.8) is 0 Å². The zero-order valence-corrected chi connectivity index (χ0v) is 21.7. The van der Waals surface area contributed by atoms with E-state index >= 15 is 0 Å². The Morgan fingerprint density at radius 2 is 1.56 bits per heavy atom. The molecule has 0 N–H and O–H groups in total. The lowest BCUT2D eigenvalue weighted by molar-refractivity contribution is -0.140. The number of carbonyl (C=O) groups excluding carboxylic acids is 1. The second-order valence-electron chi connectivity index (χ2n) is 8.92. The maximum atomic E-state index is 11.6. The zero-order valence-electron chi connectivity index (χ0n) is 21.7. The van der Waals surface area contributed by atoms with Crippen molar-refractivity contribution >= 4 is 17.3 Å². The Labute approximate surface area is 227 Å². The normalized spacial score (nSPS) is 11.4. The van der Waals surface area contributed by atoms with E-state index < -0.39 is 0 Å². The van der Waals surface area contributed by atoms with Crippen LogP contribution in [0.1, 0.15) is 29.7 Å². The Morgan fingerprint density at radius 3 is 2.31 bits per heavy atom. The van der Waals surface area contributed by atoms with Gasteiger partial charge in [0, 0.05) is 12.6 Å². The van der Waals surface area contributed by atoms with Gasteiger partial charge >= 0.3 is 5.97 Å². The lowest BCUT2D eigenvalue weighted by Gasteiger charge is -2.08. The maximum Gasteiger partial charge on any atom is 0.305 e. The van der Waals surface area contributed by atoms with Gasteiger partial charge in [-0.3, -0.25) is 9.20 Å². The highest BCUT2D eigenvalue weighted by atomic mass is 16.6. The molecule has 0 spiro atoms. The molecule has 0 unspecified atom stereocenters. The van der Waals surface area contributed by atoms with Gasteiger partial charge in [-0.1, -0.05) is 84.0 Å². The number of ether oxygens (including phenoxy) is 2. The van der Waals surface area contributed by atoms with Crippen LogP contribution in [-0.2, 0) is 27.6 Å². The molecule has 2 heterocycles. The molecule has 7 heteroatoms. The van der Waals surface area contributed by atoms with Crippen molar-refractivity contribution in [2.75, 3.05) is 7.11 Å². The highest BCUT2D eigenvalue weighted by Crippen LogP contribution is 2.22. The number of pyridine rings is 1. The average molecular weight is 520 g/mol. The first-order valence-electron chi connectivity index (χ1n) is 12.7. The summed E-state index contributed by atoms with van der Waals surface area (Å²) in [5, 5.41) is 4.31. The van der Waals surface area contributed by atoms with Crippen LogP contribution in [0.2, 0.25) is 0 Å². The minimum atomic E-state index is -0.283. The first-order chi connectivity index (χ1) is 19.2. The van der Waals surface area contributed by atoms with Gasteiger partial charge in [0.15, 0.2) is 0 Å². The molecule has 5 rings (SSSR count). The van der Waals surface area contributed by atoms with Crippen molar-refractivity contribution in [2.45, 2.75) is 26.1 Å². The van der Waals surface area contributed by atoms with E-state index in [1.807, 2.05) is 91.1 Å². The number of nitrogens with zero attached hydrogens (tertiary/aromatic N) is 3. The van der Waals surface area contributed by atoms with E-state index in [0.29, 0.717) is 25.3 Å². The van der Waals surface area contributed by atoms with E-state index in [-0.39, 0.29) is 12.4 Å². The number of oxime groups is 1. The van der Waals surface area contributed by atoms with Crippen LogP contribution in [0.25, 0.3) is 16.9 Å². The van der Waals surface area contributed by atoms with Crippen molar-refractivity contribution in [3.8, 4) is 17.0 Å². The van der Waals surface area contributed by atoms with Crippen molar-refractivity contribution in [2.24, 2.45) is 5.16 Å². The number of carbonyl (C=O) groups is 1. The lowest BCUT2D eigenvalue weighted by Crippen LogP contribution is -2.08. The van der Waals surface area contributed by atoms with Gasteiger partial charge < -0.3 is 14.3 Å². The number of esters is 1. The van der Waals surface area contributed by atoms with Gasteiger partial charge in [0.05, 0.1) is 30.6 Å². The molecule has 0 amide bonds. The Hall–Kier alpha value is -4.91. The topological polar surface area (TPSA) is 74.4 Å². The molecule has 196 valence electrons. The van der Waals surface area contributed by atoms with Crippen LogP contribution in [0.4, 0.5) is 0 Å². The van der Waals surface area contributed by atoms with Crippen molar-refractivity contribution in [1.82, 2.24) is 9.38 Å². The Balaban J connectivity index is 1.19. The summed E-state index contributed by atoms with van der Waals surface area (Å²) in [5.74, 6) is 0.458. The third-order valence-electron chi connectivity index (χ3n) is 6.23. The molecule has 0 atom stereocenters. The average Bonchev–Trinajstić information content (AvgIpc) is 3.42. The van der Waals surface area contributed by atoms with Crippen LogP contribution in [0.5, 0.6) is 5.75 Å². The Bertz CT molecular complexity index is 1550. The summed E-state index contributed by atoms with van der Waals surface area (Å²) in [6.07, 6.45) is 2.68. The fourth-order valence-electron chi connectivity index (χ4n) is 4.19. The molecule has 0 saturated heterocycles. The number of hydrogen-bond donors (Lipinski definition) is 0. The fourth-order valence-corrected chi connectivity index (χ4v) is 4.19. The van der Waals surface area contributed by atoms with Crippen LogP contribution in [0, 0.1) is 0 Å². The van der Waals surface area contributed by atoms with Crippen LogP contribution in [0.15, 0.2) is 114 Å². The van der Waals surface area contributed by atoms with E-state index in [0.717, 1.165) is 39.5 Å². The molecule has 39 heavy (non-hydrogen) atoms. The van der Waals surface area contributed by atoms with Crippen molar-refractivity contribution in [1.29, 1.82) is 0 Å². The number of methoxy groups -OCH3 is 1. The number of benzene rings is 3. The van der Waals surface area contributed by atoms with E-state index in [4.69, 9.17) is 19.3 Å². The third-order valence-corrected chi connectivity index (χ3v) is 6.23. The molecule has 2 aromatic heterocycles. The number of imidazole rings is 1. The molecular weight excluding hydrogens is 490 g/mol. The van der Waals surface area contributed by atoms with E-state index in [1.165, 1.54) is 7.11 Å². The predicted octanol–water partition coefficient (Wildman–Crippen LogP) is 6.45. The quantitative estimate of drug-likeness (QED) is 0.114. The minimum absolute atomic E-state index is 0.236. The standard InChI is InChI=1S/C32H29N3O4/c1-37-32(36)20-19-29(25-9-4-2-5-10-25)34-39-22-24-15-17-28(18-16-24)38-23-27-21-35-30(13-8-14-31(35)33-27)26-11-6-3-7-12-26/h2-18,21H,19-20,22-23H2,1H3. The molecule has 0 aliphatic rings. The highest BCUT2D eigenvalue weighted by Gasteiger charge is 2.10. The molecule has 0 radical (unpaired) electrons. The molecule has 7 nitrogen and oxygen atoms in total. The molecule has 0 aliphatic carbocycles. The summed E-state index contributed by atoms with van der Waals surface area (Å²) < 4.78 is 12.8. The van der Waals surface area contributed by atoms with E-state index in [9.17, 15) is 4.79 Å². The molecule has 3 aromatic carbocycles. The molecular formula is C32H29N3O4. The number of aromatic nitrogens is 2. The minimum Gasteiger partial charge on any atom is -0.487 e. The molecule has 0 bridgehead atoms. The zero-order chi connectivity index (χ0) is 26.9. The second-order valence-corrected chi connectivity index (χ2v) is 8.92. The van der Waals surface area contributed by atoms with Crippen LogP contribution in [0.3, 0.4) is 0 Å². The van der Waals surface area contributed by atoms with Gasteiger partial charge in [0.1, 0.15) is 24.6 Å². The smallest absolute Gasteiger partial charge is 0.305 e. The van der Waals surface area contributed by atoms with Gasteiger partial charge in [-0.2, -0.15) is 0 Å². The van der Waals surface area contributed by atoms with Gasteiger partial charge in [-0.25, -0.2) is 4.98 Å². The monoisotopic (exact) mass is 519 g/mol. The van der Waals surface area contributed by atoms with E-state index in [1.54, 1.807) is 0 Å². The summed E-state index contributed by atoms with van der Waals surface area (Å²) in [5.41, 5.74) is 6.50. The lowest BCUT2D eigenvalue weighted by atomic mass is 10.1. The van der Waals surface area contributed by atoms with Gasteiger partial charge in [-0.15, -0.1) is 0 Å². The molecule has 0 fully saturated rings. The summed E-state index contributed by atoms with van der Waals surface area (Å²) in [6.45, 7) is 0.653. The Kier molecular flexibility index (Phi) is 8.28. The summed E-state index contributed by atoms with van der Waals surface area (Å²) in [7, 11) is 1.38. The molecule has 5 aromatic rings. The van der Waals surface area contributed by atoms with Crippen LogP contribution >= 0.6 is 0 Å². The maximum absolute atomic E-state index is 11.6. The Morgan fingerprint density at radius 1 is 0.821 bits per heavy atom. The van der Waals surface area contributed by atoms with Crippen LogP contribution < -0.4 is 4.74 Å². The number of rotatable bonds is 11. The molecule has 0 aliphatic heterocycles. The highest BCUT2D eigenvalue weighted by molar-refractivity contribution is 6.01. The number of hydrogen-bond acceptors (Lipinski definition) is 6. The first kappa shape index (κ1) is 25.7. The van der Waals surface area contributed by atoms with Gasteiger partial charge in [0.25, 0.3) is 0 Å². The van der Waals surface area contributed by atoms with Crippen molar-refractivity contribution in [3.05, 3.63) is 126 Å². The summed E-state index contributed by atoms with van der Waals surface area (Å²) >= 11 is 0. The van der Waals surface area contributed by atoms with Gasteiger partial charge in [-0.05, 0) is 41.0 Å². The van der Waals surface area contributed by atoms with Gasteiger partial charge in [0.2, 0.25) is 0 Å². The number of fused-ring (bicyclic) bond motifs is 1. The second kappa shape index (κ2) is 12.6. The molecule has 0 saturated carbocycles. The summed E-state index contributed by atoms with van der Waals surface area (Å²) in [6, 6.07) is 33.7. The van der Waals surface area contributed by atoms with Crippen molar-refractivity contribution < 1.29 is 19.1 Å². The van der Waals surface area contributed by atoms with E-state index in [2.05, 4.69) is 27.8 Å². The summed E-state index contributed by atoms with van der Waals surface area (Å²) in [4.78, 5) is 22.0.